The van der Waals surface area contributed by atoms with E-state index in [2.05, 4.69) is 63.6 Å². The molecule has 0 radical (unpaired) electrons. The summed E-state index contributed by atoms with van der Waals surface area (Å²) in [6.45, 7) is 5.09. The lowest BCUT2D eigenvalue weighted by atomic mass is 10.0. The van der Waals surface area contributed by atoms with Crippen LogP contribution in [0.15, 0.2) is 72.8 Å². The largest absolute Gasteiger partial charge is 0.336 e. The number of nitrogens with zero attached hydrogens (tertiary/aromatic N) is 5. The summed E-state index contributed by atoms with van der Waals surface area (Å²) in [5.74, 6) is 1.76. The Balaban J connectivity index is 1.17. The van der Waals surface area contributed by atoms with Crippen molar-refractivity contribution in [2.24, 2.45) is 7.05 Å². The van der Waals surface area contributed by atoms with Gasteiger partial charge in [0.2, 0.25) is 0 Å². The van der Waals surface area contributed by atoms with Crippen molar-refractivity contribution < 1.29 is 4.79 Å². The number of piperazine rings is 1. The highest BCUT2D eigenvalue weighted by Gasteiger charge is 2.34. The number of aromatic nitrogens is 3. The minimum absolute atomic E-state index is 0.0903. The summed E-state index contributed by atoms with van der Waals surface area (Å²) < 4.78 is 1.95. The van der Waals surface area contributed by atoms with Gasteiger partial charge in [0.1, 0.15) is 5.82 Å². The Labute approximate surface area is 199 Å². The van der Waals surface area contributed by atoms with Gasteiger partial charge in [0.25, 0.3) is 5.91 Å². The number of carbonyl (C=O) groups excluding carboxylic acids is 1. The highest BCUT2D eigenvalue weighted by atomic mass is 16.2. The van der Waals surface area contributed by atoms with Crippen molar-refractivity contribution in [2.45, 2.75) is 13.0 Å². The Hall–Kier alpha value is -3.77. The number of benzene rings is 3. The summed E-state index contributed by atoms with van der Waals surface area (Å²) in [6, 6.07) is 25.4. The van der Waals surface area contributed by atoms with E-state index < -0.39 is 0 Å². The number of hydrogen-bond donors (Lipinski definition) is 0. The molecule has 1 fully saturated rings. The van der Waals surface area contributed by atoms with E-state index in [4.69, 9.17) is 0 Å². The second-order valence-corrected chi connectivity index (χ2v) is 9.11. The molecule has 1 saturated heterocycles. The lowest BCUT2D eigenvalue weighted by molar-refractivity contribution is 0.0600. The summed E-state index contributed by atoms with van der Waals surface area (Å²) in [6.07, 6.45) is 0. The van der Waals surface area contributed by atoms with Crippen LogP contribution in [0.1, 0.15) is 33.4 Å². The molecule has 0 saturated carbocycles. The lowest BCUT2D eigenvalue weighted by Gasteiger charge is -2.38. The zero-order valence-electron chi connectivity index (χ0n) is 19.5. The fourth-order valence-corrected chi connectivity index (χ4v) is 5.31. The van der Waals surface area contributed by atoms with Crippen LogP contribution in [0.4, 0.5) is 0 Å². The molecule has 0 unspecified atom stereocenters. The first-order valence-corrected chi connectivity index (χ1v) is 11.8. The summed E-state index contributed by atoms with van der Waals surface area (Å²) in [4.78, 5) is 17.7. The Bertz CT molecular complexity index is 1320. The number of carbonyl (C=O) groups is 1. The van der Waals surface area contributed by atoms with Crippen molar-refractivity contribution in [1.29, 1.82) is 0 Å². The standard InChI is InChI=1S/C28H27N5O/c1-19-29-30-27(31(19)2)20-11-13-21(14-12-20)28(34)33-17-15-32(16-18-33)26-24-9-5-3-7-22(24)23-8-4-6-10-25(23)26/h3-14,26H,15-18H2,1-2H3. The topological polar surface area (TPSA) is 54.3 Å². The van der Waals surface area contributed by atoms with Crippen molar-refractivity contribution in [3.05, 3.63) is 95.3 Å². The summed E-state index contributed by atoms with van der Waals surface area (Å²) in [5.41, 5.74) is 7.09. The Morgan fingerprint density at radius 3 is 1.94 bits per heavy atom. The minimum atomic E-state index is 0.0903. The van der Waals surface area contributed by atoms with Gasteiger partial charge in [0.15, 0.2) is 5.82 Å². The second-order valence-electron chi connectivity index (χ2n) is 9.11. The van der Waals surface area contributed by atoms with Gasteiger partial charge in [-0.15, -0.1) is 10.2 Å². The fourth-order valence-electron chi connectivity index (χ4n) is 5.31. The average molecular weight is 450 g/mol. The van der Waals surface area contributed by atoms with Gasteiger partial charge in [-0.25, -0.2) is 0 Å². The first kappa shape index (κ1) is 20.8. The van der Waals surface area contributed by atoms with E-state index in [0.717, 1.165) is 43.4 Å². The molecule has 0 spiro atoms. The van der Waals surface area contributed by atoms with Crippen LogP contribution in [-0.2, 0) is 7.05 Å². The molecule has 0 N–H and O–H groups in total. The maximum absolute atomic E-state index is 13.2. The third-order valence-corrected chi connectivity index (χ3v) is 7.25. The van der Waals surface area contributed by atoms with Gasteiger partial charge in [-0.2, -0.15) is 0 Å². The van der Waals surface area contributed by atoms with Gasteiger partial charge >= 0.3 is 0 Å². The Kier molecular flexibility index (Phi) is 5.03. The first-order chi connectivity index (χ1) is 16.6. The van der Waals surface area contributed by atoms with Gasteiger partial charge in [0.05, 0.1) is 6.04 Å². The average Bonchev–Trinajstić information content (AvgIpc) is 3.41. The molecule has 2 heterocycles. The van der Waals surface area contributed by atoms with Crippen LogP contribution in [0.25, 0.3) is 22.5 Å². The third kappa shape index (κ3) is 3.33. The number of fused-ring (bicyclic) bond motifs is 3. The molecule has 0 atom stereocenters. The van der Waals surface area contributed by atoms with E-state index in [-0.39, 0.29) is 11.9 Å². The van der Waals surface area contributed by atoms with E-state index in [0.29, 0.717) is 5.56 Å². The predicted octanol–water partition coefficient (Wildman–Crippen LogP) is 4.32. The molecule has 3 aromatic carbocycles. The smallest absolute Gasteiger partial charge is 0.253 e. The normalized spacial score (nSPS) is 15.9. The molecule has 6 rings (SSSR count). The second kappa shape index (κ2) is 8.22. The molecule has 1 amide bonds. The predicted molar refractivity (Wildman–Crippen MR) is 132 cm³/mol. The molecule has 1 aromatic heterocycles. The Morgan fingerprint density at radius 2 is 1.38 bits per heavy atom. The van der Waals surface area contributed by atoms with Crippen LogP contribution in [0.3, 0.4) is 0 Å². The van der Waals surface area contributed by atoms with E-state index in [1.54, 1.807) is 0 Å². The highest BCUT2D eigenvalue weighted by molar-refractivity contribution is 5.94. The van der Waals surface area contributed by atoms with E-state index in [1.807, 2.05) is 47.7 Å². The maximum atomic E-state index is 13.2. The molecular formula is C28H27N5O. The van der Waals surface area contributed by atoms with Crippen molar-refractivity contribution in [2.75, 3.05) is 26.2 Å². The SMILES string of the molecule is Cc1nnc(-c2ccc(C(=O)N3CCN(C4c5ccccc5-c5ccccc54)CC3)cc2)n1C. The van der Waals surface area contributed by atoms with Crippen LogP contribution in [0, 0.1) is 6.92 Å². The molecule has 6 nitrogen and oxygen atoms in total. The number of aryl methyl sites for hydroxylation is 1. The Morgan fingerprint density at radius 1 is 0.794 bits per heavy atom. The fraction of sp³-hybridized carbons (Fsp3) is 0.250. The van der Waals surface area contributed by atoms with Gasteiger partial charge in [-0.05, 0) is 41.3 Å². The van der Waals surface area contributed by atoms with Gasteiger partial charge < -0.3 is 9.47 Å². The summed E-state index contributed by atoms with van der Waals surface area (Å²) >= 11 is 0. The zero-order valence-corrected chi connectivity index (χ0v) is 19.5. The molecule has 6 heteroatoms. The van der Waals surface area contributed by atoms with Gasteiger partial charge in [-0.1, -0.05) is 60.7 Å². The minimum Gasteiger partial charge on any atom is -0.336 e. The molecule has 170 valence electrons. The molecular weight excluding hydrogens is 422 g/mol. The third-order valence-electron chi connectivity index (χ3n) is 7.25. The molecule has 1 aliphatic carbocycles. The van der Waals surface area contributed by atoms with E-state index in [9.17, 15) is 4.79 Å². The number of hydrogen-bond acceptors (Lipinski definition) is 4. The highest BCUT2D eigenvalue weighted by Crippen LogP contribution is 2.46. The quantitative estimate of drug-likeness (QED) is 0.468. The lowest BCUT2D eigenvalue weighted by Crippen LogP contribution is -2.49. The molecule has 4 aromatic rings. The van der Waals surface area contributed by atoms with Crippen LogP contribution >= 0.6 is 0 Å². The van der Waals surface area contributed by atoms with Crippen molar-refractivity contribution in [3.63, 3.8) is 0 Å². The van der Waals surface area contributed by atoms with Crippen molar-refractivity contribution >= 4 is 5.91 Å². The van der Waals surface area contributed by atoms with Crippen LogP contribution < -0.4 is 0 Å². The van der Waals surface area contributed by atoms with Crippen molar-refractivity contribution in [3.8, 4) is 22.5 Å². The molecule has 34 heavy (non-hydrogen) atoms. The van der Waals surface area contributed by atoms with Gasteiger partial charge in [0, 0.05) is 44.4 Å². The van der Waals surface area contributed by atoms with Crippen molar-refractivity contribution in [1.82, 2.24) is 24.6 Å². The zero-order chi connectivity index (χ0) is 23.2. The van der Waals surface area contributed by atoms with Crippen LogP contribution in [0.2, 0.25) is 0 Å². The molecule has 2 aliphatic rings. The molecule has 1 aliphatic heterocycles. The van der Waals surface area contributed by atoms with Crippen LogP contribution in [0.5, 0.6) is 0 Å². The monoisotopic (exact) mass is 449 g/mol. The van der Waals surface area contributed by atoms with E-state index in [1.165, 1.54) is 22.3 Å². The number of rotatable bonds is 3. The number of amides is 1. The molecule has 0 bridgehead atoms. The first-order valence-electron chi connectivity index (χ1n) is 11.8. The van der Waals surface area contributed by atoms with E-state index >= 15 is 0 Å². The van der Waals surface area contributed by atoms with Crippen LogP contribution in [-0.4, -0.2) is 56.7 Å². The summed E-state index contributed by atoms with van der Waals surface area (Å²) in [5, 5.41) is 8.36. The maximum Gasteiger partial charge on any atom is 0.253 e. The van der Waals surface area contributed by atoms with Gasteiger partial charge in [-0.3, -0.25) is 9.69 Å². The summed E-state index contributed by atoms with van der Waals surface area (Å²) in [7, 11) is 1.95.